The lowest BCUT2D eigenvalue weighted by molar-refractivity contribution is -0.384. The SMILES string of the molecule is N#Cc1cc([N+](=O)[O-])ccc1N1CCN(S(=O)(=O)c2ccc3ccccc3c2)CC1. The Bertz CT molecular complexity index is 1280. The standard InChI is InChI=1S/C21H18N4O4S/c22-15-18-13-19(25(26)27)6-8-21(18)23-9-11-24(12-10-23)30(28,29)20-7-5-16-3-1-2-4-17(16)14-20/h1-8,13-14H,9-12H2. The third-order valence-corrected chi connectivity index (χ3v) is 7.14. The molecular weight excluding hydrogens is 404 g/mol. The lowest BCUT2D eigenvalue weighted by atomic mass is 10.1. The van der Waals surface area contributed by atoms with E-state index in [1.807, 2.05) is 35.2 Å². The van der Waals surface area contributed by atoms with E-state index < -0.39 is 14.9 Å². The van der Waals surface area contributed by atoms with E-state index in [0.29, 0.717) is 18.8 Å². The quantitative estimate of drug-likeness (QED) is 0.472. The Hall–Kier alpha value is -3.48. The van der Waals surface area contributed by atoms with E-state index in [4.69, 9.17) is 0 Å². The minimum absolute atomic E-state index is 0.146. The average molecular weight is 422 g/mol. The van der Waals surface area contributed by atoms with Crippen molar-refractivity contribution in [3.05, 3.63) is 76.3 Å². The van der Waals surface area contributed by atoms with Crippen molar-refractivity contribution in [1.29, 1.82) is 5.26 Å². The van der Waals surface area contributed by atoms with Crippen molar-refractivity contribution in [2.75, 3.05) is 31.1 Å². The number of non-ortho nitro benzene ring substituents is 1. The van der Waals surface area contributed by atoms with Crippen LogP contribution >= 0.6 is 0 Å². The van der Waals surface area contributed by atoms with E-state index in [0.717, 1.165) is 10.8 Å². The molecule has 0 saturated carbocycles. The lowest BCUT2D eigenvalue weighted by Gasteiger charge is -2.35. The van der Waals surface area contributed by atoms with Crippen molar-refractivity contribution in [3.8, 4) is 6.07 Å². The van der Waals surface area contributed by atoms with Gasteiger partial charge in [0.1, 0.15) is 6.07 Å². The van der Waals surface area contributed by atoms with Crippen molar-refractivity contribution in [2.24, 2.45) is 0 Å². The van der Waals surface area contributed by atoms with Gasteiger partial charge in [0.05, 0.1) is 21.1 Å². The molecule has 0 atom stereocenters. The third-order valence-electron chi connectivity index (χ3n) is 5.25. The van der Waals surface area contributed by atoms with Crippen LogP contribution in [0, 0.1) is 21.4 Å². The van der Waals surface area contributed by atoms with Crippen LogP contribution in [0.15, 0.2) is 65.6 Å². The van der Waals surface area contributed by atoms with Gasteiger partial charge in [-0.25, -0.2) is 8.42 Å². The average Bonchev–Trinajstić information content (AvgIpc) is 2.78. The molecule has 1 aliphatic rings. The van der Waals surface area contributed by atoms with Gasteiger partial charge in [-0.3, -0.25) is 10.1 Å². The number of hydrogen-bond donors (Lipinski definition) is 0. The van der Waals surface area contributed by atoms with E-state index in [9.17, 15) is 23.8 Å². The fraction of sp³-hybridized carbons (Fsp3) is 0.190. The van der Waals surface area contributed by atoms with Crippen LogP contribution in [-0.4, -0.2) is 43.8 Å². The number of benzene rings is 3. The molecule has 1 heterocycles. The molecule has 1 fully saturated rings. The minimum Gasteiger partial charge on any atom is -0.368 e. The second-order valence-electron chi connectivity index (χ2n) is 6.97. The number of hydrogen-bond acceptors (Lipinski definition) is 6. The Morgan fingerprint density at radius 2 is 1.63 bits per heavy atom. The van der Waals surface area contributed by atoms with Crippen LogP contribution in [0.4, 0.5) is 11.4 Å². The molecule has 0 aliphatic carbocycles. The highest BCUT2D eigenvalue weighted by atomic mass is 32.2. The summed E-state index contributed by atoms with van der Waals surface area (Å²) in [4.78, 5) is 12.5. The van der Waals surface area contributed by atoms with Crippen LogP contribution < -0.4 is 4.90 Å². The summed E-state index contributed by atoms with van der Waals surface area (Å²) in [6, 6.07) is 18.8. The molecule has 0 bridgehead atoms. The smallest absolute Gasteiger partial charge is 0.270 e. The van der Waals surface area contributed by atoms with Crippen LogP contribution in [0.3, 0.4) is 0 Å². The summed E-state index contributed by atoms with van der Waals surface area (Å²) in [6.45, 7) is 1.30. The summed E-state index contributed by atoms with van der Waals surface area (Å²) in [5.74, 6) is 0. The second-order valence-corrected chi connectivity index (χ2v) is 8.91. The number of nitrogens with zero attached hydrogens (tertiary/aromatic N) is 4. The largest absolute Gasteiger partial charge is 0.368 e. The highest BCUT2D eigenvalue weighted by Gasteiger charge is 2.29. The van der Waals surface area contributed by atoms with E-state index in [2.05, 4.69) is 0 Å². The number of fused-ring (bicyclic) bond motifs is 1. The molecule has 1 aliphatic heterocycles. The first-order chi connectivity index (χ1) is 14.4. The predicted molar refractivity (Wildman–Crippen MR) is 113 cm³/mol. The number of nitro benzene ring substituents is 1. The van der Waals surface area contributed by atoms with Crippen LogP contribution in [0.2, 0.25) is 0 Å². The van der Waals surface area contributed by atoms with Gasteiger partial charge >= 0.3 is 0 Å². The molecule has 3 aromatic carbocycles. The molecule has 0 amide bonds. The Morgan fingerprint density at radius 3 is 2.30 bits per heavy atom. The normalized spacial score (nSPS) is 15.1. The first-order valence-corrected chi connectivity index (χ1v) is 10.8. The Morgan fingerprint density at radius 1 is 0.933 bits per heavy atom. The molecule has 0 radical (unpaired) electrons. The van der Waals surface area contributed by atoms with E-state index in [-0.39, 0.29) is 29.2 Å². The van der Waals surface area contributed by atoms with Crippen LogP contribution in [-0.2, 0) is 10.0 Å². The Kier molecular flexibility index (Phi) is 5.11. The van der Waals surface area contributed by atoms with E-state index >= 15 is 0 Å². The van der Waals surface area contributed by atoms with Crippen LogP contribution in [0.5, 0.6) is 0 Å². The maximum absolute atomic E-state index is 13.1. The zero-order valence-corrected chi connectivity index (χ0v) is 16.7. The van der Waals surface area contributed by atoms with Crippen molar-refractivity contribution in [2.45, 2.75) is 4.90 Å². The van der Waals surface area contributed by atoms with E-state index in [1.54, 1.807) is 24.3 Å². The molecule has 9 heteroatoms. The molecule has 152 valence electrons. The Labute approximate surface area is 173 Å². The number of piperazine rings is 1. The van der Waals surface area contributed by atoms with Gasteiger partial charge in [0.2, 0.25) is 10.0 Å². The second kappa shape index (κ2) is 7.74. The summed E-state index contributed by atoms with van der Waals surface area (Å²) >= 11 is 0. The molecule has 4 rings (SSSR count). The summed E-state index contributed by atoms with van der Waals surface area (Å²) < 4.78 is 27.6. The first-order valence-electron chi connectivity index (χ1n) is 9.32. The van der Waals surface area contributed by atoms with Crippen molar-refractivity contribution in [3.63, 3.8) is 0 Å². The van der Waals surface area contributed by atoms with Gasteiger partial charge in [-0.15, -0.1) is 0 Å². The molecule has 30 heavy (non-hydrogen) atoms. The van der Waals surface area contributed by atoms with Gasteiger partial charge in [0.15, 0.2) is 0 Å². The molecular formula is C21H18N4O4S. The summed E-state index contributed by atoms with van der Waals surface area (Å²) in [7, 11) is -3.64. The molecule has 0 aromatic heterocycles. The van der Waals surface area contributed by atoms with Crippen LogP contribution in [0.25, 0.3) is 10.8 Å². The molecule has 0 spiro atoms. The number of sulfonamides is 1. The molecule has 0 unspecified atom stereocenters. The number of rotatable bonds is 4. The van der Waals surface area contributed by atoms with Gasteiger partial charge in [0, 0.05) is 38.3 Å². The lowest BCUT2D eigenvalue weighted by Crippen LogP contribution is -2.48. The van der Waals surface area contributed by atoms with Gasteiger partial charge in [-0.05, 0) is 29.0 Å². The zero-order chi connectivity index (χ0) is 21.3. The Balaban J connectivity index is 1.54. The highest BCUT2D eigenvalue weighted by Crippen LogP contribution is 2.28. The topological polar surface area (TPSA) is 108 Å². The zero-order valence-electron chi connectivity index (χ0n) is 15.9. The number of nitro groups is 1. The molecule has 3 aromatic rings. The molecule has 1 saturated heterocycles. The highest BCUT2D eigenvalue weighted by molar-refractivity contribution is 7.89. The number of nitriles is 1. The third kappa shape index (κ3) is 3.58. The summed E-state index contributed by atoms with van der Waals surface area (Å²) in [5, 5.41) is 22.1. The van der Waals surface area contributed by atoms with Gasteiger partial charge < -0.3 is 4.90 Å². The van der Waals surface area contributed by atoms with Crippen molar-refractivity contribution in [1.82, 2.24) is 4.31 Å². The maximum Gasteiger partial charge on any atom is 0.270 e. The van der Waals surface area contributed by atoms with Gasteiger partial charge in [-0.1, -0.05) is 30.3 Å². The van der Waals surface area contributed by atoms with Gasteiger partial charge in [-0.2, -0.15) is 9.57 Å². The first kappa shape index (κ1) is 19.8. The minimum atomic E-state index is -3.64. The maximum atomic E-state index is 13.1. The molecule has 8 nitrogen and oxygen atoms in total. The molecule has 0 N–H and O–H groups in total. The predicted octanol–water partition coefficient (Wildman–Crippen LogP) is 3.13. The van der Waals surface area contributed by atoms with Crippen LogP contribution in [0.1, 0.15) is 5.56 Å². The number of anilines is 1. The fourth-order valence-corrected chi connectivity index (χ4v) is 5.11. The van der Waals surface area contributed by atoms with Crippen molar-refractivity contribution < 1.29 is 13.3 Å². The summed E-state index contributed by atoms with van der Waals surface area (Å²) in [5.41, 5.74) is 0.633. The summed E-state index contributed by atoms with van der Waals surface area (Å²) in [6.07, 6.45) is 0. The van der Waals surface area contributed by atoms with E-state index in [1.165, 1.54) is 16.4 Å². The van der Waals surface area contributed by atoms with Gasteiger partial charge in [0.25, 0.3) is 5.69 Å². The fourth-order valence-electron chi connectivity index (χ4n) is 3.65. The monoisotopic (exact) mass is 422 g/mol. The van der Waals surface area contributed by atoms with Crippen molar-refractivity contribution >= 4 is 32.2 Å².